The maximum atomic E-state index is 11.0. The van der Waals surface area contributed by atoms with E-state index in [1.807, 2.05) is 11.8 Å². The molecule has 0 aromatic rings. The molecule has 0 radical (unpaired) electrons. The van der Waals surface area contributed by atoms with Gasteiger partial charge in [0.15, 0.2) is 0 Å². The van der Waals surface area contributed by atoms with E-state index in [9.17, 15) is 5.11 Å². The van der Waals surface area contributed by atoms with Gasteiger partial charge in [0.2, 0.25) is 0 Å². The summed E-state index contributed by atoms with van der Waals surface area (Å²) in [5, 5.41) is 11.0. The largest absolute Gasteiger partial charge is 0.391 e. The molecule has 0 aliphatic carbocycles. The van der Waals surface area contributed by atoms with Crippen LogP contribution in [0, 0.1) is 5.92 Å². The topological polar surface area (TPSA) is 32.7 Å². The van der Waals surface area contributed by atoms with Crippen molar-refractivity contribution in [1.29, 1.82) is 0 Å². The Labute approximate surface area is 128 Å². The molecular formula is C16H31NO2S. The molecule has 3 atom stereocenters. The Bertz CT molecular complexity index is 312. The molecule has 2 fully saturated rings. The van der Waals surface area contributed by atoms with E-state index in [0.717, 1.165) is 44.7 Å². The Kier molecular flexibility index (Phi) is 5.44. The highest BCUT2D eigenvalue weighted by molar-refractivity contribution is 7.99. The summed E-state index contributed by atoms with van der Waals surface area (Å²) in [7, 11) is 0. The predicted octanol–water partition coefficient (Wildman–Crippen LogP) is 2.77. The lowest BCUT2D eigenvalue weighted by Gasteiger charge is -2.47. The van der Waals surface area contributed by atoms with E-state index in [2.05, 4.69) is 32.6 Å². The minimum absolute atomic E-state index is 0.0634. The number of ether oxygens (including phenoxy) is 1. The second-order valence-electron chi connectivity index (χ2n) is 6.86. The summed E-state index contributed by atoms with van der Waals surface area (Å²) in [4.78, 5) is 2.38. The highest BCUT2D eigenvalue weighted by atomic mass is 32.2. The maximum absolute atomic E-state index is 11.0. The van der Waals surface area contributed by atoms with E-state index in [0.29, 0.717) is 5.92 Å². The van der Waals surface area contributed by atoms with Crippen LogP contribution in [0.2, 0.25) is 0 Å². The quantitative estimate of drug-likeness (QED) is 0.846. The highest BCUT2D eigenvalue weighted by Gasteiger charge is 2.46. The first-order valence-corrected chi connectivity index (χ1v) is 9.25. The van der Waals surface area contributed by atoms with Crippen molar-refractivity contribution in [2.24, 2.45) is 5.92 Å². The number of likely N-dealkylation sites (N-methyl/N-ethyl adjacent to an activating group) is 1. The van der Waals surface area contributed by atoms with Crippen molar-refractivity contribution >= 4 is 11.8 Å². The van der Waals surface area contributed by atoms with E-state index >= 15 is 0 Å². The van der Waals surface area contributed by atoms with Crippen molar-refractivity contribution in [3.8, 4) is 0 Å². The molecule has 2 aliphatic rings. The van der Waals surface area contributed by atoms with Crippen LogP contribution in [0.1, 0.15) is 47.0 Å². The second kappa shape index (κ2) is 6.55. The van der Waals surface area contributed by atoms with Crippen LogP contribution in [0.4, 0.5) is 0 Å². The monoisotopic (exact) mass is 301 g/mol. The first-order valence-electron chi connectivity index (χ1n) is 8.10. The summed E-state index contributed by atoms with van der Waals surface area (Å²) in [6, 6.07) is 0. The minimum Gasteiger partial charge on any atom is -0.391 e. The predicted molar refractivity (Wildman–Crippen MR) is 86.4 cm³/mol. The van der Waals surface area contributed by atoms with Gasteiger partial charge in [-0.3, -0.25) is 4.90 Å². The van der Waals surface area contributed by atoms with E-state index in [1.165, 1.54) is 5.75 Å². The molecule has 0 aromatic carbocycles. The second-order valence-corrected chi connectivity index (χ2v) is 7.96. The van der Waals surface area contributed by atoms with Crippen LogP contribution in [0.15, 0.2) is 0 Å². The van der Waals surface area contributed by atoms with Crippen molar-refractivity contribution in [3.63, 3.8) is 0 Å². The van der Waals surface area contributed by atoms with Gasteiger partial charge in [0, 0.05) is 17.9 Å². The summed E-state index contributed by atoms with van der Waals surface area (Å²) in [5.41, 5.74) is -0.0909. The Morgan fingerprint density at radius 3 is 2.65 bits per heavy atom. The average molecular weight is 301 g/mol. The van der Waals surface area contributed by atoms with Gasteiger partial charge in [-0.1, -0.05) is 13.8 Å². The molecule has 3 nitrogen and oxygen atoms in total. The number of aliphatic hydroxyl groups is 1. The number of hydrogen-bond acceptors (Lipinski definition) is 4. The van der Waals surface area contributed by atoms with Gasteiger partial charge in [0.1, 0.15) is 0 Å². The molecule has 0 aromatic heterocycles. The van der Waals surface area contributed by atoms with E-state index < -0.39 is 0 Å². The van der Waals surface area contributed by atoms with Crippen molar-refractivity contribution in [2.45, 2.75) is 64.2 Å². The van der Waals surface area contributed by atoms with Gasteiger partial charge in [-0.2, -0.15) is 11.8 Å². The zero-order chi connectivity index (χ0) is 14.8. The normalized spacial score (nSPS) is 33.0. The van der Waals surface area contributed by atoms with E-state index in [4.69, 9.17) is 4.74 Å². The molecule has 0 amide bonds. The third kappa shape index (κ3) is 3.18. The van der Waals surface area contributed by atoms with Gasteiger partial charge in [-0.25, -0.2) is 0 Å². The summed E-state index contributed by atoms with van der Waals surface area (Å²) < 4.78 is 6.09. The SMILES string of the molecule is CCN(CC)C(C)(C)C(O)C1CCOC2(CCSC2)C1. The third-order valence-electron chi connectivity index (χ3n) is 5.35. The zero-order valence-electron chi connectivity index (χ0n) is 13.5. The number of hydrogen-bond donors (Lipinski definition) is 1. The molecular weight excluding hydrogens is 270 g/mol. The summed E-state index contributed by atoms with van der Waals surface area (Å²) in [6.07, 6.45) is 2.92. The van der Waals surface area contributed by atoms with E-state index in [-0.39, 0.29) is 17.2 Å². The van der Waals surface area contributed by atoms with Crippen LogP contribution in [-0.4, -0.2) is 58.5 Å². The summed E-state index contributed by atoms with van der Waals surface area (Å²) >= 11 is 2.00. The fourth-order valence-electron chi connectivity index (χ4n) is 4.00. The van der Waals surface area contributed by atoms with E-state index in [1.54, 1.807) is 0 Å². The third-order valence-corrected chi connectivity index (χ3v) is 6.57. The van der Waals surface area contributed by atoms with Crippen LogP contribution in [0.3, 0.4) is 0 Å². The van der Waals surface area contributed by atoms with Crippen LogP contribution < -0.4 is 0 Å². The summed E-state index contributed by atoms with van der Waals surface area (Å²) in [5.74, 6) is 2.70. The van der Waals surface area contributed by atoms with Gasteiger partial charge in [-0.05, 0) is 57.9 Å². The zero-order valence-corrected chi connectivity index (χ0v) is 14.3. The Hall–Kier alpha value is 0.230. The highest BCUT2D eigenvalue weighted by Crippen LogP contribution is 2.43. The van der Waals surface area contributed by atoms with Gasteiger partial charge in [0.05, 0.1) is 11.7 Å². The van der Waals surface area contributed by atoms with Crippen LogP contribution in [0.5, 0.6) is 0 Å². The molecule has 1 spiro atoms. The Morgan fingerprint density at radius 1 is 1.40 bits per heavy atom. The average Bonchev–Trinajstić information content (AvgIpc) is 2.87. The molecule has 4 heteroatoms. The van der Waals surface area contributed by atoms with Crippen molar-refractivity contribution in [2.75, 3.05) is 31.2 Å². The lowest BCUT2D eigenvalue weighted by molar-refractivity contribution is -0.125. The number of nitrogens with zero attached hydrogens (tertiary/aromatic N) is 1. The minimum atomic E-state index is -0.270. The lowest BCUT2D eigenvalue weighted by Crippen LogP contribution is -2.57. The van der Waals surface area contributed by atoms with Crippen LogP contribution in [0.25, 0.3) is 0 Å². The Balaban J connectivity index is 2.05. The molecule has 0 saturated carbocycles. The van der Waals surface area contributed by atoms with Gasteiger partial charge < -0.3 is 9.84 Å². The number of thioether (sulfide) groups is 1. The molecule has 2 saturated heterocycles. The van der Waals surface area contributed by atoms with Crippen molar-refractivity contribution in [1.82, 2.24) is 4.90 Å². The van der Waals surface area contributed by atoms with Crippen molar-refractivity contribution in [3.05, 3.63) is 0 Å². The first-order chi connectivity index (χ1) is 9.45. The molecule has 0 bridgehead atoms. The molecule has 118 valence electrons. The molecule has 3 unspecified atom stereocenters. The molecule has 2 aliphatic heterocycles. The summed E-state index contributed by atoms with van der Waals surface area (Å²) in [6.45, 7) is 11.5. The molecule has 2 heterocycles. The standard InChI is InChI=1S/C16H31NO2S/c1-5-17(6-2)15(3,4)14(18)13-7-9-19-16(11-13)8-10-20-12-16/h13-14,18H,5-12H2,1-4H3. The number of rotatable bonds is 5. The van der Waals surface area contributed by atoms with Gasteiger partial charge >= 0.3 is 0 Å². The molecule has 1 N–H and O–H groups in total. The van der Waals surface area contributed by atoms with Gasteiger partial charge in [-0.15, -0.1) is 0 Å². The maximum Gasteiger partial charge on any atom is 0.0783 e. The fraction of sp³-hybridized carbons (Fsp3) is 1.00. The van der Waals surface area contributed by atoms with Crippen molar-refractivity contribution < 1.29 is 9.84 Å². The van der Waals surface area contributed by atoms with Gasteiger partial charge in [0.25, 0.3) is 0 Å². The first kappa shape index (κ1) is 16.6. The number of aliphatic hydroxyl groups excluding tert-OH is 1. The Morgan fingerprint density at radius 2 is 2.10 bits per heavy atom. The van der Waals surface area contributed by atoms with Crippen LogP contribution in [-0.2, 0) is 4.74 Å². The molecule has 20 heavy (non-hydrogen) atoms. The smallest absolute Gasteiger partial charge is 0.0783 e. The fourth-order valence-corrected chi connectivity index (χ4v) is 5.38. The lowest BCUT2D eigenvalue weighted by atomic mass is 9.76. The molecule has 2 rings (SSSR count). The van der Waals surface area contributed by atoms with Crippen LogP contribution >= 0.6 is 11.8 Å².